The van der Waals surface area contributed by atoms with Gasteiger partial charge in [-0.3, -0.25) is 4.79 Å². The molecule has 2 heterocycles. The molecule has 1 aromatic rings. The number of nitrogens with two attached hydrogens (primary N) is 2. The molecule has 0 aromatic carbocycles. The standard InChI is InChI=1S/C11H16BrN5O/c12-8-6-15-11(14)16-10(8)17-3-1-7(2-4-17)5-9(13)18/h6-7H,1-5H2,(H2,13,18)(H2,14,15,16). The number of hydrogen-bond donors (Lipinski definition) is 2. The van der Waals surface area contributed by atoms with E-state index >= 15 is 0 Å². The van der Waals surface area contributed by atoms with Gasteiger partial charge in [0.05, 0.1) is 4.47 Å². The summed E-state index contributed by atoms with van der Waals surface area (Å²) in [6, 6.07) is 0. The Hall–Kier alpha value is -1.37. The van der Waals surface area contributed by atoms with E-state index in [0.717, 1.165) is 36.2 Å². The van der Waals surface area contributed by atoms with Gasteiger partial charge in [-0.2, -0.15) is 4.98 Å². The van der Waals surface area contributed by atoms with E-state index in [1.807, 2.05) is 0 Å². The molecule has 7 heteroatoms. The minimum atomic E-state index is -0.221. The maximum atomic E-state index is 10.9. The molecule has 98 valence electrons. The SMILES string of the molecule is NC(=O)CC1CCN(c2nc(N)ncc2Br)CC1. The molecule has 1 aliphatic rings. The molecule has 0 unspecified atom stereocenters. The zero-order chi connectivity index (χ0) is 13.1. The molecule has 0 spiro atoms. The van der Waals surface area contributed by atoms with Gasteiger partial charge in [0.2, 0.25) is 11.9 Å². The quantitative estimate of drug-likeness (QED) is 0.864. The molecule has 0 radical (unpaired) electrons. The second-order valence-electron chi connectivity index (χ2n) is 4.50. The summed E-state index contributed by atoms with van der Waals surface area (Å²) in [5.74, 6) is 1.25. The van der Waals surface area contributed by atoms with Gasteiger partial charge in [0.1, 0.15) is 5.82 Å². The first kappa shape index (κ1) is 13.1. The molecule has 1 aromatic heterocycles. The molecule has 18 heavy (non-hydrogen) atoms. The smallest absolute Gasteiger partial charge is 0.222 e. The Bertz CT molecular complexity index is 445. The van der Waals surface area contributed by atoms with Crippen molar-refractivity contribution in [1.82, 2.24) is 9.97 Å². The minimum absolute atomic E-state index is 0.221. The lowest BCUT2D eigenvalue weighted by Gasteiger charge is -2.32. The summed E-state index contributed by atoms with van der Waals surface area (Å²) >= 11 is 3.43. The fourth-order valence-corrected chi connectivity index (χ4v) is 2.67. The molecule has 0 aliphatic carbocycles. The number of carbonyl (C=O) groups is 1. The van der Waals surface area contributed by atoms with Crippen molar-refractivity contribution in [3.8, 4) is 0 Å². The van der Waals surface area contributed by atoms with Crippen LogP contribution in [0.25, 0.3) is 0 Å². The Labute approximate surface area is 114 Å². The monoisotopic (exact) mass is 313 g/mol. The molecule has 1 saturated heterocycles. The van der Waals surface area contributed by atoms with Crippen LogP contribution >= 0.6 is 15.9 Å². The maximum absolute atomic E-state index is 10.9. The minimum Gasteiger partial charge on any atom is -0.370 e. The Balaban J connectivity index is 2.01. The van der Waals surface area contributed by atoms with Crippen LogP contribution in [-0.2, 0) is 4.79 Å². The molecule has 0 atom stereocenters. The third kappa shape index (κ3) is 3.10. The summed E-state index contributed by atoms with van der Waals surface area (Å²) in [5, 5.41) is 0. The Morgan fingerprint density at radius 1 is 1.50 bits per heavy atom. The summed E-state index contributed by atoms with van der Waals surface area (Å²) in [7, 11) is 0. The lowest BCUT2D eigenvalue weighted by atomic mass is 9.93. The zero-order valence-corrected chi connectivity index (χ0v) is 11.6. The van der Waals surface area contributed by atoms with Crippen LogP contribution in [0.3, 0.4) is 0 Å². The van der Waals surface area contributed by atoms with E-state index in [4.69, 9.17) is 11.5 Å². The van der Waals surface area contributed by atoms with Gasteiger partial charge in [-0.25, -0.2) is 4.98 Å². The number of nitrogen functional groups attached to an aromatic ring is 1. The molecule has 2 rings (SSSR count). The van der Waals surface area contributed by atoms with Crippen LogP contribution in [-0.4, -0.2) is 29.0 Å². The maximum Gasteiger partial charge on any atom is 0.222 e. The summed E-state index contributed by atoms with van der Waals surface area (Å²) in [6.45, 7) is 1.71. The van der Waals surface area contributed by atoms with Crippen molar-refractivity contribution in [3.63, 3.8) is 0 Å². The topological polar surface area (TPSA) is 98.1 Å². The molecule has 0 bridgehead atoms. The molecule has 1 fully saturated rings. The van der Waals surface area contributed by atoms with E-state index in [-0.39, 0.29) is 11.9 Å². The molecular formula is C11H16BrN5O. The number of primary amides is 1. The van der Waals surface area contributed by atoms with Crippen molar-refractivity contribution >= 4 is 33.6 Å². The fourth-order valence-electron chi connectivity index (χ4n) is 2.23. The molecule has 6 nitrogen and oxygen atoms in total. The molecule has 1 amide bonds. The van der Waals surface area contributed by atoms with Gasteiger partial charge in [0.15, 0.2) is 0 Å². The highest BCUT2D eigenvalue weighted by molar-refractivity contribution is 9.10. The Kier molecular flexibility index (Phi) is 4.00. The van der Waals surface area contributed by atoms with Crippen molar-refractivity contribution in [2.75, 3.05) is 23.7 Å². The number of carbonyl (C=O) groups excluding carboxylic acids is 1. The van der Waals surface area contributed by atoms with Gasteiger partial charge < -0.3 is 16.4 Å². The van der Waals surface area contributed by atoms with Crippen molar-refractivity contribution in [1.29, 1.82) is 0 Å². The summed E-state index contributed by atoms with van der Waals surface area (Å²) < 4.78 is 0.838. The normalized spacial score (nSPS) is 16.8. The highest BCUT2D eigenvalue weighted by Gasteiger charge is 2.23. The van der Waals surface area contributed by atoms with Gasteiger partial charge in [-0.1, -0.05) is 0 Å². The Morgan fingerprint density at radius 3 is 2.78 bits per heavy atom. The largest absolute Gasteiger partial charge is 0.370 e. The third-order valence-electron chi connectivity index (χ3n) is 3.15. The second kappa shape index (κ2) is 5.51. The molecule has 0 saturated carbocycles. The predicted molar refractivity (Wildman–Crippen MR) is 72.9 cm³/mol. The van der Waals surface area contributed by atoms with Gasteiger partial charge in [0.25, 0.3) is 0 Å². The first-order valence-electron chi connectivity index (χ1n) is 5.87. The number of amides is 1. The van der Waals surface area contributed by atoms with E-state index in [1.54, 1.807) is 6.20 Å². The van der Waals surface area contributed by atoms with E-state index in [0.29, 0.717) is 12.3 Å². The van der Waals surface area contributed by atoms with Gasteiger partial charge in [-0.15, -0.1) is 0 Å². The third-order valence-corrected chi connectivity index (χ3v) is 3.71. The molecule has 1 aliphatic heterocycles. The summed E-state index contributed by atoms with van der Waals surface area (Å²) in [4.78, 5) is 21.2. The van der Waals surface area contributed by atoms with E-state index in [1.165, 1.54) is 0 Å². The van der Waals surface area contributed by atoms with Crippen LogP contribution in [0.1, 0.15) is 19.3 Å². The molecule has 4 N–H and O–H groups in total. The lowest BCUT2D eigenvalue weighted by molar-refractivity contribution is -0.119. The van der Waals surface area contributed by atoms with Gasteiger partial charge in [-0.05, 0) is 34.7 Å². The average Bonchev–Trinajstić information content (AvgIpc) is 2.33. The van der Waals surface area contributed by atoms with Crippen LogP contribution < -0.4 is 16.4 Å². The first-order valence-corrected chi connectivity index (χ1v) is 6.67. The number of piperidine rings is 1. The van der Waals surface area contributed by atoms with Crippen molar-refractivity contribution in [2.24, 2.45) is 11.7 Å². The zero-order valence-electron chi connectivity index (χ0n) is 9.97. The van der Waals surface area contributed by atoms with Crippen LogP contribution in [0.15, 0.2) is 10.7 Å². The van der Waals surface area contributed by atoms with Crippen molar-refractivity contribution in [3.05, 3.63) is 10.7 Å². The Morgan fingerprint density at radius 2 is 2.17 bits per heavy atom. The average molecular weight is 314 g/mol. The van der Waals surface area contributed by atoms with Crippen LogP contribution in [0.2, 0.25) is 0 Å². The highest BCUT2D eigenvalue weighted by atomic mass is 79.9. The van der Waals surface area contributed by atoms with Crippen molar-refractivity contribution in [2.45, 2.75) is 19.3 Å². The highest BCUT2D eigenvalue weighted by Crippen LogP contribution is 2.28. The molecular weight excluding hydrogens is 298 g/mol. The predicted octanol–water partition coefficient (Wildman–Crippen LogP) is 0.913. The van der Waals surface area contributed by atoms with Crippen LogP contribution in [0, 0.1) is 5.92 Å². The van der Waals surface area contributed by atoms with Crippen LogP contribution in [0.4, 0.5) is 11.8 Å². The van der Waals surface area contributed by atoms with Crippen LogP contribution in [0.5, 0.6) is 0 Å². The van der Waals surface area contributed by atoms with Gasteiger partial charge >= 0.3 is 0 Å². The number of anilines is 2. The van der Waals surface area contributed by atoms with Crippen molar-refractivity contribution < 1.29 is 4.79 Å². The number of rotatable bonds is 3. The van der Waals surface area contributed by atoms with E-state index in [2.05, 4.69) is 30.8 Å². The number of halogens is 1. The summed E-state index contributed by atoms with van der Waals surface area (Å²) in [5.41, 5.74) is 10.8. The lowest BCUT2D eigenvalue weighted by Crippen LogP contribution is -2.35. The first-order chi connectivity index (χ1) is 8.56. The summed E-state index contributed by atoms with van der Waals surface area (Å²) in [6.07, 6.45) is 4.02. The van der Waals surface area contributed by atoms with E-state index < -0.39 is 0 Å². The number of aromatic nitrogens is 2. The van der Waals surface area contributed by atoms with Gasteiger partial charge in [0, 0.05) is 25.7 Å². The fraction of sp³-hybridized carbons (Fsp3) is 0.545. The number of hydrogen-bond acceptors (Lipinski definition) is 5. The number of nitrogens with zero attached hydrogens (tertiary/aromatic N) is 3. The second-order valence-corrected chi connectivity index (χ2v) is 5.35. The van der Waals surface area contributed by atoms with E-state index in [9.17, 15) is 4.79 Å².